The number of hydrogen-bond donors (Lipinski definition) is 2. The number of carboxylic acids is 1. The third kappa shape index (κ3) is 4.06. The molecular formula is C24H28N4O6. The molecule has 0 radical (unpaired) electrons. The van der Waals surface area contributed by atoms with E-state index in [0.29, 0.717) is 24.3 Å². The number of likely N-dealkylation sites (tertiary alicyclic amines) is 1. The Morgan fingerprint density at radius 1 is 0.971 bits per heavy atom. The van der Waals surface area contributed by atoms with E-state index >= 15 is 0 Å². The maximum Gasteiger partial charge on any atom is 0.306 e. The quantitative estimate of drug-likeness (QED) is 0.605. The molecule has 5 rings (SSSR count). The number of nitrogens with zero attached hydrogens (tertiary/aromatic N) is 3. The number of imide groups is 2. The lowest BCUT2D eigenvalue weighted by Gasteiger charge is -2.32. The Balaban J connectivity index is 1.23. The SMILES string of the molecule is O=C1CCC(N2C(=O)c3ccc(N4CC[C@H](CN5CCC(C(=O)O)CC5)C4)cc3C2=O)C(=O)N1. The van der Waals surface area contributed by atoms with Gasteiger partial charge in [0.15, 0.2) is 0 Å². The van der Waals surface area contributed by atoms with E-state index < -0.39 is 35.6 Å². The van der Waals surface area contributed by atoms with Crippen LogP contribution in [-0.4, -0.2) is 83.3 Å². The first-order chi connectivity index (χ1) is 16.3. The molecule has 0 aromatic heterocycles. The van der Waals surface area contributed by atoms with Crippen molar-refractivity contribution in [3.8, 4) is 0 Å². The van der Waals surface area contributed by atoms with E-state index in [4.69, 9.17) is 0 Å². The molecule has 0 aliphatic carbocycles. The van der Waals surface area contributed by atoms with Crippen molar-refractivity contribution in [1.29, 1.82) is 0 Å². The van der Waals surface area contributed by atoms with Crippen molar-refractivity contribution in [2.45, 2.75) is 38.1 Å². The second-order valence-electron chi connectivity index (χ2n) is 9.69. The molecule has 0 bridgehead atoms. The van der Waals surface area contributed by atoms with E-state index in [1.807, 2.05) is 6.07 Å². The number of anilines is 1. The minimum Gasteiger partial charge on any atom is -0.481 e. The second-order valence-corrected chi connectivity index (χ2v) is 9.69. The maximum atomic E-state index is 13.1. The van der Waals surface area contributed by atoms with Crippen LogP contribution in [-0.2, 0) is 14.4 Å². The summed E-state index contributed by atoms with van der Waals surface area (Å²) in [4.78, 5) is 66.4. The van der Waals surface area contributed by atoms with E-state index in [9.17, 15) is 29.1 Å². The van der Waals surface area contributed by atoms with Crippen LogP contribution in [0.1, 0.15) is 52.8 Å². The van der Waals surface area contributed by atoms with Crippen LogP contribution < -0.4 is 10.2 Å². The van der Waals surface area contributed by atoms with Gasteiger partial charge in [0.25, 0.3) is 11.8 Å². The highest BCUT2D eigenvalue weighted by molar-refractivity contribution is 6.23. The Labute approximate surface area is 196 Å². The van der Waals surface area contributed by atoms with Crippen LogP contribution >= 0.6 is 0 Å². The zero-order valence-corrected chi connectivity index (χ0v) is 18.9. The van der Waals surface area contributed by atoms with Gasteiger partial charge in [-0.15, -0.1) is 0 Å². The van der Waals surface area contributed by atoms with Gasteiger partial charge < -0.3 is 14.9 Å². The van der Waals surface area contributed by atoms with Crippen molar-refractivity contribution in [3.05, 3.63) is 29.3 Å². The van der Waals surface area contributed by atoms with Gasteiger partial charge in [-0.25, -0.2) is 0 Å². The number of fused-ring (bicyclic) bond motifs is 1. The topological polar surface area (TPSA) is 127 Å². The Hall–Kier alpha value is -3.27. The van der Waals surface area contributed by atoms with Gasteiger partial charge in [0.05, 0.1) is 17.0 Å². The highest BCUT2D eigenvalue weighted by Gasteiger charge is 2.45. The van der Waals surface area contributed by atoms with Crippen LogP contribution in [0.25, 0.3) is 0 Å². The third-order valence-corrected chi connectivity index (χ3v) is 7.53. The molecule has 1 aromatic carbocycles. The molecule has 4 aliphatic rings. The molecule has 2 N–H and O–H groups in total. The van der Waals surface area contributed by atoms with Crippen LogP contribution in [0.15, 0.2) is 18.2 Å². The van der Waals surface area contributed by atoms with E-state index in [-0.39, 0.29) is 24.3 Å². The van der Waals surface area contributed by atoms with Gasteiger partial charge in [-0.1, -0.05) is 0 Å². The molecule has 0 saturated carbocycles. The zero-order valence-electron chi connectivity index (χ0n) is 18.9. The van der Waals surface area contributed by atoms with Gasteiger partial charge in [-0.2, -0.15) is 0 Å². The van der Waals surface area contributed by atoms with E-state index in [0.717, 1.165) is 49.7 Å². The first-order valence-electron chi connectivity index (χ1n) is 11.9. The lowest BCUT2D eigenvalue weighted by Crippen LogP contribution is -2.54. The number of carbonyl (C=O) groups is 5. The Kier molecular flexibility index (Phi) is 5.85. The van der Waals surface area contributed by atoms with Crippen molar-refractivity contribution in [1.82, 2.24) is 15.1 Å². The molecule has 1 unspecified atom stereocenters. The number of amides is 4. The number of carboxylic acid groups (broad SMARTS) is 1. The van der Waals surface area contributed by atoms with Gasteiger partial charge in [-0.05, 0) is 62.9 Å². The van der Waals surface area contributed by atoms with E-state index in [1.54, 1.807) is 12.1 Å². The van der Waals surface area contributed by atoms with Gasteiger partial charge >= 0.3 is 5.97 Å². The number of rotatable bonds is 5. The maximum absolute atomic E-state index is 13.1. The first kappa shape index (κ1) is 22.5. The molecule has 4 amide bonds. The van der Waals surface area contributed by atoms with Crippen LogP contribution in [0.3, 0.4) is 0 Å². The molecule has 2 atom stereocenters. The summed E-state index contributed by atoms with van der Waals surface area (Å²) in [7, 11) is 0. The predicted octanol–water partition coefficient (Wildman–Crippen LogP) is 0.711. The summed E-state index contributed by atoms with van der Waals surface area (Å²) in [6.07, 6.45) is 2.62. The number of nitrogens with one attached hydrogen (secondary N) is 1. The summed E-state index contributed by atoms with van der Waals surface area (Å²) in [6, 6.07) is 4.27. The number of carbonyl (C=O) groups excluding carboxylic acids is 4. The number of piperidine rings is 2. The van der Waals surface area contributed by atoms with Crippen LogP contribution in [0.5, 0.6) is 0 Å². The smallest absolute Gasteiger partial charge is 0.306 e. The Morgan fingerprint density at radius 3 is 2.41 bits per heavy atom. The van der Waals surface area contributed by atoms with Crippen molar-refractivity contribution in [2.75, 3.05) is 37.6 Å². The fourth-order valence-corrected chi connectivity index (χ4v) is 5.60. The van der Waals surface area contributed by atoms with Crippen molar-refractivity contribution in [2.24, 2.45) is 11.8 Å². The van der Waals surface area contributed by atoms with Crippen molar-refractivity contribution >= 4 is 35.3 Å². The largest absolute Gasteiger partial charge is 0.481 e. The molecule has 10 heteroatoms. The van der Waals surface area contributed by atoms with Crippen LogP contribution in [0.2, 0.25) is 0 Å². The lowest BCUT2D eigenvalue weighted by molar-refractivity contribution is -0.143. The summed E-state index contributed by atoms with van der Waals surface area (Å²) in [5, 5.41) is 11.4. The summed E-state index contributed by atoms with van der Waals surface area (Å²) in [6.45, 7) is 4.21. The van der Waals surface area contributed by atoms with E-state index in [2.05, 4.69) is 15.1 Å². The van der Waals surface area contributed by atoms with Gasteiger partial charge in [-0.3, -0.25) is 34.2 Å². The minimum absolute atomic E-state index is 0.0954. The highest BCUT2D eigenvalue weighted by atomic mass is 16.4. The van der Waals surface area contributed by atoms with Crippen LogP contribution in [0.4, 0.5) is 5.69 Å². The third-order valence-electron chi connectivity index (χ3n) is 7.53. The highest BCUT2D eigenvalue weighted by Crippen LogP contribution is 2.33. The Morgan fingerprint density at radius 2 is 1.71 bits per heavy atom. The predicted molar refractivity (Wildman–Crippen MR) is 120 cm³/mol. The molecule has 4 heterocycles. The summed E-state index contributed by atoms with van der Waals surface area (Å²) < 4.78 is 0. The summed E-state index contributed by atoms with van der Waals surface area (Å²) in [5.74, 6) is -2.48. The van der Waals surface area contributed by atoms with Crippen LogP contribution in [0, 0.1) is 11.8 Å². The van der Waals surface area contributed by atoms with Gasteiger partial charge in [0.2, 0.25) is 11.8 Å². The molecule has 4 aliphatic heterocycles. The molecule has 0 spiro atoms. The molecule has 3 saturated heterocycles. The number of hydrogen-bond acceptors (Lipinski definition) is 7. The molecule has 180 valence electrons. The fourth-order valence-electron chi connectivity index (χ4n) is 5.60. The average molecular weight is 469 g/mol. The van der Waals surface area contributed by atoms with Crippen molar-refractivity contribution < 1.29 is 29.1 Å². The minimum atomic E-state index is -0.963. The number of benzene rings is 1. The number of aliphatic carboxylic acids is 1. The van der Waals surface area contributed by atoms with Gasteiger partial charge in [0, 0.05) is 31.7 Å². The second kappa shape index (κ2) is 8.83. The Bertz CT molecular complexity index is 1060. The van der Waals surface area contributed by atoms with E-state index in [1.165, 1.54) is 0 Å². The fraction of sp³-hybridized carbons (Fsp3) is 0.542. The zero-order chi connectivity index (χ0) is 24.0. The standard InChI is InChI=1S/C24H28N4O6/c29-20-4-3-19(21(30)25-20)28-22(31)17-2-1-16(11-18(17)23(28)32)27-10-5-14(13-27)12-26-8-6-15(7-9-26)24(33)34/h1-2,11,14-15,19H,3-10,12-13H2,(H,33,34)(H,25,29,30)/t14-,19?/m1/s1. The summed E-state index contributed by atoms with van der Waals surface area (Å²) in [5.41, 5.74) is 1.46. The lowest BCUT2D eigenvalue weighted by atomic mass is 9.96. The first-order valence-corrected chi connectivity index (χ1v) is 11.9. The molecule has 3 fully saturated rings. The normalized spacial score (nSPS) is 26.2. The molecule has 34 heavy (non-hydrogen) atoms. The van der Waals surface area contributed by atoms with Crippen molar-refractivity contribution in [3.63, 3.8) is 0 Å². The summed E-state index contributed by atoms with van der Waals surface area (Å²) >= 11 is 0. The molecule has 1 aromatic rings. The monoisotopic (exact) mass is 468 g/mol. The van der Waals surface area contributed by atoms with Gasteiger partial charge in [0.1, 0.15) is 6.04 Å². The molecule has 10 nitrogen and oxygen atoms in total. The average Bonchev–Trinajstić information content (AvgIpc) is 3.37. The molecular weight excluding hydrogens is 440 g/mol.